The van der Waals surface area contributed by atoms with Gasteiger partial charge >= 0.3 is 5.97 Å². The van der Waals surface area contributed by atoms with E-state index in [0.717, 1.165) is 29.7 Å². The number of carbonyl (C=O) groups is 2. The molecule has 9 heteroatoms. The topological polar surface area (TPSA) is 94.3 Å². The maximum Gasteiger partial charge on any atom is 0.343 e. The molecule has 0 saturated carbocycles. The fourth-order valence-corrected chi connectivity index (χ4v) is 2.28. The lowest BCUT2D eigenvalue weighted by Crippen LogP contribution is -2.22. The number of benzene rings is 1. The molecule has 0 unspecified atom stereocenters. The highest BCUT2D eigenvalue weighted by Crippen LogP contribution is 2.21. The van der Waals surface area contributed by atoms with Gasteiger partial charge in [-0.3, -0.25) is 4.79 Å². The predicted octanol–water partition coefficient (Wildman–Crippen LogP) is 2.11. The van der Waals surface area contributed by atoms with Crippen molar-refractivity contribution in [2.45, 2.75) is 6.92 Å². The first-order chi connectivity index (χ1) is 10.4. The van der Waals surface area contributed by atoms with Crippen LogP contribution in [0, 0.1) is 18.6 Å². The Labute approximate surface area is 128 Å². The molecule has 0 aliphatic rings. The van der Waals surface area contributed by atoms with E-state index in [9.17, 15) is 18.4 Å². The molecule has 0 bridgehead atoms. The predicted molar refractivity (Wildman–Crippen MR) is 76.5 cm³/mol. The molecular weight excluding hydrogens is 316 g/mol. The van der Waals surface area contributed by atoms with Crippen LogP contribution in [0.3, 0.4) is 0 Å². The number of aromatic nitrogens is 1. The molecule has 1 heterocycles. The van der Waals surface area contributed by atoms with Crippen LogP contribution in [0.15, 0.2) is 18.2 Å². The van der Waals surface area contributed by atoms with Crippen LogP contribution in [-0.2, 0) is 9.53 Å². The Bertz CT molecular complexity index is 694. The van der Waals surface area contributed by atoms with Gasteiger partial charge in [0.05, 0.1) is 5.69 Å². The summed E-state index contributed by atoms with van der Waals surface area (Å²) in [5.74, 6) is -3.56. The average Bonchev–Trinajstić information content (AvgIpc) is 2.80. The second kappa shape index (κ2) is 6.48. The van der Waals surface area contributed by atoms with Crippen molar-refractivity contribution < 1.29 is 23.1 Å². The molecule has 2 aromatic rings. The van der Waals surface area contributed by atoms with Crippen molar-refractivity contribution in [1.82, 2.24) is 4.37 Å². The van der Waals surface area contributed by atoms with Crippen molar-refractivity contribution in [2.24, 2.45) is 0 Å². The molecule has 0 spiro atoms. The van der Waals surface area contributed by atoms with Crippen molar-refractivity contribution in [2.75, 3.05) is 17.7 Å². The number of hydrogen-bond acceptors (Lipinski definition) is 6. The summed E-state index contributed by atoms with van der Waals surface area (Å²) in [7, 11) is 0. The van der Waals surface area contributed by atoms with Gasteiger partial charge in [-0.05, 0) is 30.6 Å². The first kappa shape index (κ1) is 15.8. The number of amides is 1. The number of hydrogen-bond donors (Lipinski definition) is 2. The van der Waals surface area contributed by atoms with Gasteiger partial charge in [-0.1, -0.05) is 6.07 Å². The third-order valence-corrected chi connectivity index (χ3v) is 3.42. The SMILES string of the molecule is Cc1nsc(N)c1C(=O)OCC(=O)Nc1c(F)cccc1F. The second-order valence-corrected chi connectivity index (χ2v) is 5.03. The summed E-state index contributed by atoms with van der Waals surface area (Å²) in [4.78, 5) is 23.4. The Morgan fingerprint density at radius 3 is 2.55 bits per heavy atom. The number of para-hydroxylation sites is 1. The lowest BCUT2D eigenvalue weighted by Gasteiger charge is -2.08. The zero-order valence-corrected chi connectivity index (χ0v) is 12.2. The smallest absolute Gasteiger partial charge is 0.343 e. The number of rotatable bonds is 4. The van der Waals surface area contributed by atoms with Gasteiger partial charge in [-0.25, -0.2) is 13.6 Å². The first-order valence-electron chi connectivity index (χ1n) is 6.03. The number of halogens is 2. The summed E-state index contributed by atoms with van der Waals surface area (Å²) >= 11 is 0.927. The van der Waals surface area contributed by atoms with E-state index < -0.39 is 35.8 Å². The fourth-order valence-electron chi connectivity index (χ4n) is 1.63. The number of aryl methyl sites for hydroxylation is 1. The largest absolute Gasteiger partial charge is 0.452 e. The molecule has 1 aromatic heterocycles. The van der Waals surface area contributed by atoms with E-state index in [2.05, 4.69) is 4.37 Å². The van der Waals surface area contributed by atoms with Gasteiger partial charge in [-0.2, -0.15) is 4.37 Å². The minimum Gasteiger partial charge on any atom is -0.452 e. The molecule has 0 aliphatic carbocycles. The van der Waals surface area contributed by atoms with Gasteiger partial charge < -0.3 is 15.8 Å². The van der Waals surface area contributed by atoms with Crippen molar-refractivity contribution >= 4 is 34.1 Å². The molecule has 0 aliphatic heterocycles. The van der Waals surface area contributed by atoms with Crippen LogP contribution in [-0.4, -0.2) is 22.9 Å². The van der Waals surface area contributed by atoms with Crippen molar-refractivity contribution in [1.29, 1.82) is 0 Å². The van der Waals surface area contributed by atoms with Gasteiger partial charge in [0.15, 0.2) is 6.61 Å². The fraction of sp³-hybridized carbons (Fsp3) is 0.154. The quantitative estimate of drug-likeness (QED) is 0.839. The zero-order chi connectivity index (χ0) is 16.3. The van der Waals surface area contributed by atoms with E-state index in [0.29, 0.717) is 5.69 Å². The average molecular weight is 327 g/mol. The van der Waals surface area contributed by atoms with Crippen LogP contribution in [0.4, 0.5) is 19.5 Å². The Hall–Kier alpha value is -2.55. The number of nitrogens with two attached hydrogens (primary N) is 1. The maximum absolute atomic E-state index is 13.4. The number of esters is 1. The molecule has 1 aromatic carbocycles. The summed E-state index contributed by atoms with van der Waals surface area (Å²) in [5.41, 5.74) is 5.43. The third-order valence-electron chi connectivity index (χ3n) is 2.65. The van der Waals surface area contributed by atoms with Gasteiger partial charge in [0.1, 0.15) is 27.9 Å². The van der Waals surface area contributed by atoms with Crippen molar-refractivity contribution in [3.8, 4) is 0 Å². The van der Waals surface area contributed by atoms with Crippen LogP contribution in [0.25, 0.3) is 0 Å². The van der Waals surface area contributed by atoms with Crippen LogP contribution in [0.1, 0.15) is 16.1 Å². The highest BCUT2D eigenvalue weighted by atomic mass is 32.1. The summed E-state index contributed by atoms with van der Waals surface area (Å²) < 4.78 is 35.3. The van der Waals surface area contributed by atoms with E-state index >= 15 is 0 Å². The molecule has 6 nitrogen and oxygen atoms in total. The molecular formula is C13H11F2N3O3S. The first-order valence-corrected chi connectivity index (χ1v) is 6.80. The van der Waals surface area contributed by atoms with Gasteiger partial charge in [0.25, 0.3) is 5.91 Å². The highest BCUT2D eigenvalue weighted by molar-refractivity contribution is 7.10. The summed E-state index contributed by atoms with van der Waals surface area (Å²) in [5, 5.41) is 2.17. The van der Waals surface area contributed by atoms with E-state index in [4.69, 9.17) is 10.5 Å². The normalized spacial score (nSPS) is 10.3. The molecule has 0 atom stereocenters. The van der Waals surface area contributed by atoms with Gasteiger partial charge in [0.2, 0.25) is 0 Å². The number of nitrogen functional groups attached to an aromatic ring is 1. The lowest BCUT2D eigenvalue weighted by molar-refractivity contribution is -0.119. The summed E-state index contributed by atoms with van der Waals surface area (Å²) in [6.45, 7) is 0.861. The van der Waals surface area contributed by atoms with E-state index in [1.165, 1.54) is 0 Å². The molecule has 0 fully saturated rings. The molecule has 3 N–H and O–H groups in total. The molecule has 22 heavy (non-hydrogen) atoms. The Morgan fingerprint density at radius 1 is 1.36 bits per heavy atom. The van der Waals surface area contributed by atoms with E-state index in [1.54, 1.807) is 6.92 Å². The molecule has 0 saturated heterocycles. The van der Waals surface area contributed by atoms with Gasteiger partial charge in [-0.15, -0.1) is 0 Å². The number of nitrogens with one attached hydrogen (secondary N) is 1. The van der Waals surface area contributed by atoms with Crippen LogP contribution in [0.5, 0.6) is 0 Å². The Morgan fingerprint density at radius 2 is 2.00 bits per heavy atom. The van der Waals surface area contributed by atoms with Crippen LogP contribution in [0.2, 0.25) is 0 Å². The standard InChI is InChI=1S/C13H11F2N3O3S/c1-6-10(12(16)22-18-6)13(20)21-5-9(19)17-11-7(14)3-2-4-8(11)15/h2-4H,5,16H2,1H3,(H,17,19). The number of carbonyl (C=O) groups excluding carboxylic acids is 2. The number of nitrogens with zero attached hydrogens (tertiary/aromatic N) is 1. The molecule has 116 valence electrons. The number of anilines is 2. The van der Waals surface area contributed by atoms with Crippen molar-refractivity contribution in [3.63, 3.8) is 0 Å². The molecule has 0 radical (unpaired) electrons. The highest BCUT2D eigenvalue weighted by Gasteiger charge is 2.19. The maximum atomic E-state index is 13.4. The van der Waals surface area contributed by atoms with E-state index in [-0.39, 0.29) is 10.6 Å². The molecule has 1 amide bonds. The minimum atomic E-state index is -0.929. The van der Waals surface area contributed by atoms with Gasteiger partial charge in [0, 0.05) is 0 Å². The van der Waals surface area contributed by atoms with Crippen LogP contribution >= 0.6 is 11.5 Å². The monoisotopic (exact) mass is 327 g/mol. The third kappa shape index (κ3) is 3.37. The zero-order valence-electron chi connectivity index (χ0n) is 11.4. The minimum absolute atomic E-state index is 0.0786. The molecule has 2 rings (SSSR count). The number of ether oxygens (including phenoxy) is 1. The van der Waals surface area contributed by atoms with Crippen molar-refractivity contribution in [3.05, 3.63) is 41.1 Å². The van der Waals surface area contributed by atoms with Crippen LogP contribution < -0.4 is 11.1 Å². The lowest BCUT2D eigenvalue weighted by atomic mass is 10.2. The summed E-state index contributed by atoms with van der Waals surface area (Å²) in [6, 6.07) is 3.15. The second-order valence-electron chi connectivity index (χ2n) is 4.23. The Kier molecular flexibility index (Phi) is 4.66. The summed E-state index contributed by atoms with van der Waals surface area (Å²) in [6.07, 6.45) is 0. The van der Waals surface area contributed by atoms with E-state index in [1.807, 2.05) is 5.32 Å². The Balaban J connectivity index is 1.98.